The first-order valence-electron chi connectivity index (χ1n) is 5.36. The largest absolute Gasteiger partial charge is 0.385 e. The van der Waals surface area contributed by atoms with Crippen molar-refractivity contribution in [1.82, 2.24) is 5.32 Å². The maximum atomic E-state index is 5.10. The average Bonchev–Trinajstić information content (AvgIpc) is 2.67. The molecule has 15 heavy (non-hydrogen) atoms. The third kappa shape index (κ3) is 5.30. The minimum atomic E-state index is 0.313. The summed E-state index contributed by atoms with van der Waals surface area (Å²) in [5.41, 5.74) is 0.313. The molecule has 3 heteroatoms. The zero-order valence-electron chi connectivity index (χ0n) is 9.88. The molecule has 0 fully saturated rings. The van der Waals surface area contributed by atoms with Gasteiger partial charge in [-0.05, 0) is 23.3 Å². The fraction of sp³-hybridized carbons (Fsp3) is 0.667. The first kappa shape index (κ1) is 12.7. The van der Waals surface area contributed by atoms with Gasteiger partial charge in [0.2, 0.25) is 0 Å². The lowest BCUT2D eigenvalue weighted by atomic mass is 9.90. The van der Waals surface area contributed by atoms with Crippen LogP contribution >= 0.6 is 11.3 Å². The molecule has 0 spiro atoms. The third-order valence-electron chi connectivity index (χ3n) is 2.47. The van der Waals surface area contributed by atoms with Crippen LogP contribution in [0, 0.1) is 5.41 Å². The normalized spacial score (nSPS) is 11.9. The van der Waals surface area contributed by atoms with E-state index in [1.807, 2.05) is 0 Å². The van der Waals surface area contributed by atoms with Crippen LogP contribution in [0.25, 0.3) is 0 Å². The van der Waals surface area contributed by atoms with Crippen molar-refractivity contribution in [2.45, 2.75) is 26.8 Å². The highest BCUT2D eigenvalue weighted by atomic mass is 32.1. The minimum absolute atomic E-state index is 0.313. The fourth-order valence-corrected chi connectivity index (χ4v) is 2.08. The second-order valence-electron chi connectivity index (χ2n) is 4.59. The highest BCUT2D eigenvalue weighted by Crippen LogP contribution is 2.19. The second kappa shape index (κ2) is 6.26. The molecular weight excluding hydrogens is 206 g/mol. The molecule has 0 atom stereocenters. The lowest BCUT2D eigenvalue weighted by molar-refractivity contribution is 0.150. The van der Waals surface area contributed by atoms with E-state index in [-0.39, 0.29) is 0 Å². The molecule has 2 nitrogen and oxygen atoms in total. The van der Waals surface area contributed by atoms with Gasteiger partial charge in [-0.15, -0.1) is 11.3 Å². The molecule has 1 aromatic rings. The van der Waals surface area contributed by atoms with Crippen molar-refractivity contribution >= 4 is 11.3 Å². The molecule has 0 amide bonds. The molecule has 0 bridgehead atoms. The summed E-state index contributed by atoms with van der Waals surface area (Å²) in [4.78, 5) is 1.40. The Hall–Kier alpha value is -0.380. The summed E-state index contributed by atoms with van der Waals surface area (Å²) in [7, 11) is 1.76. The Kier molecular flexibility index (Phi) is 5.29. The van der Waals surface area contributed by atoms with Gasteiger partial charge in [-0.3, -0.25) is 0 Å². The van der Waals surface area contributed by atoms with E-state index in [1.165, 1.54) is 4.88 Å². The van der Waals surface area contributed by atoms with Gasteiger partial charge in [-0.2, -0.15) is 0 Å². The quantitative estimate of drug-likeness (QED) is 0.773. The summed E-state index contributed by atoms with van der Waals surface area (Å²) in [6.07, 6.45) is 1.10. The predicted octanol–water partition coefficient (Wildman–Crippen LogP) is 2.90. The van der Waals surface area contributed by atoms with Crippen LogP contribution in [0.3, 0.4) is 0 Å². The monoisotopic (exact) mass is 227 g/mol. The molecule has 0 aromatic carbocycles. The number of nitrogens with one attached hydrogen (secondary N) is 1. The van der Waals surface area contributed by atoms with Gasteiger partial charge in [0.05, 0.1) is 0 Å². The van der Waals surface area contributed by atoms with Crippen LogP contribution < -0.4 is 5.32 Å². The first-order chi connectivity index (χ1) is 7.14. The summed E-state index contributed by atoms with van der Waals surface area (Å²) in [5, 5.41) is 5.61. The van der Waals surface area contributed by atoms with Crippen LogP contribution in [0.5, 0.6) is 0 Å². The lowest BCUT2D eigenvalue weighted by Crippen LogP contribution is -2.29. The molecule has 1 N–H and O–H groups in total. The second-order valence-corrected chi connectivity index (χ2v) is 5.62. The highest BCUT2D eigenvalue weighted by Gasteiger charge is 2.16. The van der Waals surface area contributed by atoms with Crippen LogP contribution in [-0.2, 0) is 11.3 Å². The summed E-state index contributed by atoms with van der Waals surface area (Å²) in [6.45, 7) is 7.40. The van der Waals surface area contributed by atoms with Gasteiger partial charge >= 0.3 is 0 Å². The van der Waals surface area contributed by atoms with Gasteiger partial charge in [-0.25, -0.2) is 0 Å². The Labute approximate surface area is 96.7 Å². The Morgan fingerprint density at radius 2 is 2.27 bits per heavy atom. The summed E-state index contributed by atoms with van der Waals surface area (Å²) in [5.74, 6) is 0. The molecule has 1 aromatic heterocycles. The van der Waals surface area contributed by atoms with Gasteiger partial charge < -0.3 is 10.1 Å². The standard InChI is InChI=1S/C12H21NOS/c1-12(2,6-7-14-3)10-13-9-11-5-4-8-15-11/h4-5,8,13H,6-7,9-10H2,1-3H3. The summed E-state index contributed by atoms with van der Waals surface area (Å²) >= 11 is 1.80. The Morgan fingerprint density at radius 3 is 2.87 bits per heavy atom. The van der Waals surface area contributed by atoms with Crippen LogP contribution in [-0.4, -0.2) is 20.3 Å². The van der Waals surface area contributed by atoms with Crippen molar-refractivity contribution in [2.75, 3.05) is 20.3 Å². The third-order valence-corrected chi connectivity index (χ3v) is 3.34. The molecule has 1 heterocycles. The molecule has 0 aliphatic heterocycles. The SMILES string of the molecule is COCCC(C)(C)CNCc1cccs1. The first-order valence-corrected chi connectivity index (χ1v) is 6.24. The summed E-state index contributed by atoms with van der Waals surface area (Å²) < 4.78 is 5.10. The molecule has 0 aliphatic rings. The maximum Gasteiger partial charge on any atom is 0.0467 e. The zero-order valence-corrected chi connectivity index (χ0v) is 10.7. The molecule has 1 rings (SSSR count). The Bertz CT molecular complexity index is 257. The van der Waals surface area contributed by atoms with E-state index in [4.69, 9.17) is 4.74 Å². The molecule has 0 radical (unpaired) electrons. The van der Waals surface area contributed by atoms with Crippen molar-refractivity contribution in [1.29, 1.82) is 0 Å². The van der Waals surface area contributed by atoms with Crippen LogP contribution in [0.1, 0.15) is 25.1 Å². The lowest BCUT2D eigenvalue weighted by Gasteiger charge is -2.24. The van der Waals surface area contributed by atoms with Crippen molar-refractivity contribution in [3.05, 3.63) is 22.4 Å². The van der Waals surface area contributed by atoms with Gasteiger partial charge in [0, 0.05) is 31.7 Å². The van der Waals surface area contributed by atoms with E-state index in [1.54, 1.807) is 18.4 Å². The van der Waals surface area contributed by atoms with E-state index in [0.29, 0.717) is 5.41 Å². The average molecular weight is 227 g/mol. The van der Waals surface area contributed by atoms with Crippen LogP contribution in [0.15, 0.2) is 17.5 Å². The smallest absolute Gasteiger partial charge is 0.0467 e. The predicted molar refractivity (Wildman–Crippen MR) is 66.3 cm³/mol. The van der Waals surface area contributed by atoms with Gasteiger partial charge in [0.15, 0.2) is 0 Å². The maximum absolute atomic E-state index is 5.10. The molecule has 0 saturated carbocycles. The number of hydrogen-bond acceptors (Lipinski definition) is 3. The van der Waals surface area contributed by atoms with Crippen molar-refractivity contribution in [3.8, 4) is 0 Å². The van der Waals surface area contributed by atoms with Gasteiger partial charge in [0.1, 0.15) is 0 Å². The highest BCUT2D eigenvalue weighted by molar-refractivity contribution is 7.09. The van der Waals surface area contributed by atoms with E-state index in [2.05, 4.69) is 36.7 Å². The Balaban J connectivity index is 2.18. The molecule has 0 aliphatic carbocycles. The minimum Gasteiger partial charge on any atom is -0.385 e. The van der Waals surface area contributed by atoms with Crippen molar-refractivity contribution < 1.29 is 4.74 Å². The molecule has 0 saturated heterocycles. The number of thiophene rings is 1. The van der Waals surface area contributed by atoms with Crippen LogP contribution in [0.2, 0.25) is 0 Å². The molecular formula is C12H21NOS. The number of rotatable bonds is 7. The molecule has 0 unspecified atom stereocenters. The van der Waals surface area contributed by atoms with E-state index >= 15 is 0 Å². The van der Waals surface area contributed by atoms with Gasteiger partial charge in [0.25, 0.3) is 0 Å². The number of hydrogen-bond donors (Lipinski definition) is 1. The topological polar surface area (TPSA) is 21.3 Å². The van der Waals surface area contributed by atoms with Crippen molar-refractivity contribution in [3.63, 3.8) is 0 Å². The van der Waals surface area contributed by atoms with Gasteiger partial charge in [-0.1, -0.05) is 19.9 Å². The van der Waals surface area contributed by atoms with Crippen molar-refractivity contribution in [2.24, 2.45) is 5.41 Å². The zero-order chi connectivity index (χ0) is 11.1. The molecule has 86 valence electrons. The number of ether oxygens (including phenoxy) is 1. The Morgan fingerprint density at radius 1 is 1.47 bits per heavy atom. The van der Waals surface area contributed by atoms with E-state index in [9.17, 15) is 0 Å². The van der Waals surface area contributed by atoms with Crippen LogP contribution in [0.4, 0.5) is 0 Å². The summed E-state index contributed by atoms with van der Waals surface area (Å²) in [6, 6.07) is 4.26. The number of methoxy groups -OCH3 is 1. The van der Waals surface area contributed by atoms with E-state index in [0.717, 1.165) is 26.1 Å². The van der Waals surface area contributed by atoms with E-state index < -0.39 is 0 Å². The fourth-order valence-electron chi connectivity index (χ4n) is 1.40.